The molecule has 2 N–H and O–H groups in total. The standard InChI is InChI=1S/C24H34O4/c1-15-7-17(3)21(18(4)8-15)13-27-23(11-25)24(12-26)28-14-22-19(5)9-16(2)10-20(22)6/h7-10,23-26H,11-14H2,1-6H3/t23-,24-/m0/s1. The molecule has 4 heteroatoms. The summed E-state index contributed by atoms with van der Waals surface area (Å²) in [6.07, 6.45) is -1.17. The van der Waals surface area contributed by atoms with Crippen molar-refractivity contribution in [1.29, 1.82) is 0 Å². The first-order valence-electron chi connectivity index (χ1n) is 9.85. The van der Waals surface area contributed by atoms with Gasteiger partial charge in [-0.3, -0.25) is 0 Å². The van der Waals surface area contributed by atoms with E-state index in [0.717, 1.165) is 11.1 Å². The van der Waals surface area contributed by atoms with Crippen LogP contribution in [0, 0.1) is 41.5 Å². The van der Waals surface area contributed by atoms with Crippen molar-refractivity contribution in [2.45, 2.75) is 67.0 Å². The van der Waals surface area contributed by atoms with Crippen LogP contribution >= 0.6 is 0 Å². The number of aliphatic hydroxyl groups is 2. The number of benzene rings is 2. The molecule has 2 atom stereocenters. The summed E-state index contributed by atoms with van der Waals surface area (Å²) >= 11 is 0. The maximum atomic E-state index is 9.81. The van der Waals surface area contributed by atoms with Gasteiger partial charge in [0.2, 0.25) is 0 Å². The third-order valence-electron chi connectivity index (χ3n) is 5.34. The van der Waals surface area contributed by atoms with Crippen LogP contribution in [0.2, 0.25) is 0 Å². The van der Waals surface area contributed by atoms with E-state index in [0.29, 0.717) is 13.2 Å². The van der Waals surface area contributed by atoms with Crippen LogP contribution in [-0.2, 0) is 22.7 Å². The Balaban J connectivity index is 2.05. The maximum Gasteiger partial charge on any atom is 0.109 e. The van der Waals surface area contributed by atoms with Gasteiger partial charge in [-0.1, -0.05) is 35.4 Å². The molecule has 154 valence electrons. The van der Waals surface area contributed by atoms with Crippen molar-refractivity contribution in [2.24, 2.45) is 0 Å². The van der Waals surface area contributed by atoms with Gasteiger partial charge in [0.05, 0.1) is 26.4 Å². The van der Waals surface area contributed by atoms with Gasteiger partial charge in [0, 0.05) is 0 Å². The van der Waals surface area contributed by atoms with Crippen LogP contribution in [0.25, 0.3) is 0 Å². The summed E-state index contributed by atoms with van der Waals surface area (Å²) in [7, 11) is 0. The molecule has 0 aromatic heterocycles. The van der Waals surface area contributed by atoms with Gasteiger partial charge in [0.1, 0.15) is 12.2 Å². The zero-order chi connectivity index (χ0) is 20.8. The van der Waals surface area contributed by atoms with Gasteiger partial charge in [-0.25, -0.2) is 0 Å². The lowest BCUT2D eigenvalue weighted by atomic mass is 10.0. The fourth-order valence-electron chi connectivity index (χ4n) is 3.81. The molecule has 0 fully saturated rings. The monoisotopic (exact) mass is 386 g/mol. The molecule has 0 radical (unpaired) electrons. The molecule has 4 nitrogen and oxygen atoms in total. The van der Waals surface area contributed by atoms with Crippen molar-refractivity contribution >= 4 is 0 Å². The van der Waals surface area contributed by atoms with Gasteiger partial charge >= 0.3 is 0 Å². The Labute approximate surface area is 169 Å². The lowest BCUT2D eigenvalue weighted by Crippen LogP contribution is -2.37. The molecule has 2 rings (SSSR count). The van der Waals surface area contributed by atoms with Crippen LogP contribution < -0.4 is 0 Å². The minimum absolute atomic E-state index is 0.207. The van der Waals surface area contributed by atoms with E-state index >= 15 is 0 Å². The first-order valence-corrected chi connectivity index (χ1v) is 9.85. The SMILES string of the molecule is Cc1cc(C)c(CO[C@@H](CO)[C@H](CO)OCc2c(C)cc(C)cc2C)c(C)c1. The van der Waals surface area contributed by atoms with Crippen molar-refractivity contribution in [3.8, 4) is 0 Å². The summed E-state index contributed by atoms with van der Waals surface area (Å²) in [5.41, 5.74) is 9.35. The van der Waals surface area contributed by atoms with Crippen molar-refractivity contribution in [2.75, 3.05) is 13.2 Å². The summed E-state index contributed by atoms with van der Waals surface area (Å²) in [6.45, 7) is 12.8. The molecule has 0 spiro atoms. The van der Waals surface area contributed by atoms with Gasteiger partial charge in [-0.15, -0.1) is 0 Å². The molecule has 0 heterocycles. The highest BCUT2D eigenvalue weighted by atomic mass is 16.6. The van der Waals surface area contributed by atoms with E-state index in [4.69, 9.17) is 9.47 Å². The van der Waals surface area contributed by atoms with E-state index in [-0.39, 0.29) is 13.2 Å². The molecule has 0 aliphatic heterocycles. The van der Waals surface area contributed by atoms with Crippen LogP contribution in [0.3, 0.4) is 0 Å². The van der Waals surface area contributed by atoms with E-state index in [2.05, 4.69) is 65.8 Å². The van der Waals surface area contributed by atoms with Crippen LogP contribution in [-0.4, -0.2) is 35.6 Å². The molecule has 2 aromatic carbocycles. The second-order valence-corrected chi connectivity index (χ2v) is 7.82. The van der Waals surface area contributed by atoms with E-state index in [1.54, 1.807) is 0 Å². The number of aryl methyl sites for hydroxylation is 6. The Bertz CT molecular complexity index is 684. The Kier molecular flexibility index (Phi) is 8.20. The Morgan fingerprint density at radius 2 is 0.893 bits per heavy atom. The average Bonchev–Trinajstić information content (AvgIpc) is 2.60. The largest absolute Gasteiger partial charge is 0.394 e. The van der Waals surface area contributed by atoms with E-state index in [1.165, 1.54) is 33.4 Å². The van der Waals surface area contributed by atoms with Gasteiger partial charge < -0.3 is 19.7 Å². The van der Waals surface area contributed by atoms with Crippen LogP contribution in [0.5, 0.6) is 0 Å². The van der Waals surface area contributed by atoms with E-state index in [9.17, 15) is 10.2 Å². The Hall–Kier alpha value is -1.72. The molecule has 0 amide bonds. The lowest BCUT2D eigenvalue weighted by molar-refractivity contribution is -0.119. The molecular formula is C24H34O4. The minimum Gasteiger partial charge on any atom is -0.394 e. The molecule has 0 unspecified atom stereocenters. The predicted molar refractivity (Wildman–Crippen MR) is 113 cm³/mol. The summed E-state index contributed by atoms with van der Waals surface area (Å²) < 4.78 is 11.9. The Morgan fingerprint density at radius 1 is 0.607 bits per heavy atom. The number of hydrogen-bond donors (Lipinski definition) is 2. The molecule has 0 aliphatic rings. The van der Waals surface area contributed by atoms with Gasteiger partial charge in [0.25, 0.3) is 0 Å². The van der Waals surface area contributed by atoms with Crippen LogP contribution in [0.15, 0.2) is 24.3 Å². The second kappa shape index (κ2) is 10.2. The minimum atomic E-state index is -0.587. The number of hydrogen-bond acceptors (Lipinski definition) is 4. The smallest absolute Gasteiger partial charge is 0.109 e. The first kappa shape index (κ1) is 22.6. The molecule has 0 saturated heterocycles. The highest BCUT2D eigenvalue weighted by Crippen LogP contribution is 2.21. The van der Waals surface area contributed by atoms with Crippen LogP contribution in [0.4, 0.5) is 0 Å². The zero-order valence-corrected chi connectivity index (χ0v) is 18.0. The topological polar surface area (TPSA) is 58.9 Å². The molecule has 2 aromatic rings. The highest BCUT2D eigenvalue weighted by Gasteiger charge is 2.23. The fraction of sp³-hybridized carbons (Fsp3) is 0.500. The normalized spacial score (nSPS) is 13.6. The highest BCUT2D eigenvalue weighted by molar-refractivity contribution is 5.37. The van der Waals surface area contributed by atoms with E-state index in [1.807, 2.05) is 0 Å². The van der Waals surface area contributed by atoms with E-state index < -0.39 is 12.2 Å². The summed E-state index contributed by atoms with van der Waals surface area (Å²) in [5, 5.41) is 19.6. The van der Waals surface area contributed by atoms with Crippen LogP contribution in [0.1, 0.15) is 44.5 Å². The molecule has 28 heavy (non-hydrogen) atoms. The molecule has 0 saturated carbocycles. The van der Waals surface area contributed by atoms with Gasteiger partial charge in [0.15, 0.2) is 0 Å². The Morgan fingerprint density at radius 3 is 1.14 bits per heavy atom. The first-order chi connectivity index (χ1) is 13.3. The number of aliphatic hydroxyl groups excluding tert-OH is 2. The molecule has 0 aliphatic carbocycles. The van der Waals surface area contributed by atoms with Crippen molar-refractivity contribution < 1.29 is 19.7 Å². The van der Waals surface area contributed by atoms with Crippen molar-refractivity contribution in [3.05, 3.63) is 68.8 Å². The zero-order valence-electron chi connectivity index (χ0n) is 18.0. The quantitative estimate of drug-likeness (QED) is 0.684. The third kappa shape index (κ3) is 5.65. The number of rotatable bonds is 9. The predicted octanol–water partition coefficient (Wildman–Crippen LogP) is 3.99. The summed E-state index contributed by atoms with van der Waals surface area (Å²) in [5.74, 6) is 0. The second-order valence-electron chi connectivity index (χ2n) is 7.82. The molecular weight excluding hydrogens is 352 g/mol. The van der Waals surface area contributed by atoms with Gasteiger partial charge in [-0.05, 0) is 74.9 Å². The van der Waals surface area contributed by atoms with Gasteiger partial charge in [-0.2, -0.15) is 0 Å². The summed E-state index contributed by atoms with van der Waals surface area (Å²) in [6, 6.07) is 8.51. The molecule has 0 bridgehead atoms. The van der Waals surface area contributed by atoms with Crippen molar-refractivity contribution in [3.63, 3.8) is 0 Å². The number of ether oxygens (including phenoxy) is 2. The van der Waals surface area contributed by atoms with Crippen molar-refractivity contribution in [1.82, 2.24) is 0 Å². The summed E-state index contributed by atoms with van der Waals surface area (Å²) in [4.78, 5) is 0. The maximum absolute atomic E-state index is 9.81. The third-order valence-corrected chi connectivity index (χ3v) is 5.34. The lowest BCUT2D eigenvalue weighted by Gasteiger charge is -2.26. The fourth-order valence-corrected chi connectivity index (χ4v) is 3.81. The average molecular weight is 387 g/mol.